The highest BCUT2D eigenvalue weighted by Gasteiger charge is 2.22. The SMILES string of the molecule is CC[C@H]1CC[C@H](c2ccc3c(c2)CCC(C)C3)CC1. The smallest absolute Gasteiger partial charge is 0.0162 e. The van der Waals surface area contributed by atoms with Crippen molar-refractivity contribution in [3.63, 3.8) is 0 Å². The van der Waals surface area contributed by atoms with E-state index in [-0.39, 0.29) is 0 Å². The van der Waals surface area contributed by atoms with Crippen LogP contribution in [0.2, 0.25) is 0 Å². The van der Waals surface area contributed by atoms with E-state index in [1.54, 1.807) is 16.7 Å². The van der Waals surface area contributed by atoms with Crippen LogP contribution >= 0.6 is 0 Å². The predicted molar refractivity (Wildman–Crippen MR) is 82.6 cm³/mol. The Labute approximate surface area is 118 Å². The minimum Gasteiger partial charge on any atom is -0.0651 e. The van der Waals surface area contributed by atoms with Gasteiger partial charge in [0.05, 0.1) is 0 Å². The molecule has 0 heteroatoms. The molecule has 0 aromatic heterocycles. The lowest BCUT2D eigenvalue weighted by Gasteiger charge is -2.29. The van der Waals surface area contributed by atoms with Crippen LogP contribution in [-0.2, 0) is 12.8 Å². The maximum absolute atomic E-state index is 2.55. The number of rotatable bonds is 2. The molecule has 104 valence electrons. The maximum Gasteiger partial charge on any atom is -0.0162 e. The minimum absolute atomic E-state index is 0.854. The molecule has 3 rings (SSSR count). The fraction of sp³-hybridized carbons (Fsp3) is 0.684. The second kappa shape index (κ2) is 5.69. The van der Waals surface area contributed by atoms with E-state index in [1.165, 1.54) is 51.4 Å². The Bertz CT molecular complexity index is 424. The van der Waals surface area contributed by atoms with E-state index in [4.69, 9.17) is 0 Å². The molecular formula is C19H28. The lowest BCUT2D eigenvalue weighted by atomic mass is 9.76. The molecule has 1 aromatic rings. The molecule has 1 fully saturated rings. The van der Waals surface area contributed by atoms with Gasteiger partial charge in [0.15, 0.2) is 0 Å². The number of fused-ring (bicyclic) bond motifs is 1. The van der Waals surface area contributed by atoms with Crippen molar-refractivity contribution in [2.45, 2.75) is 71.1 Å². The Hall–Kier alpha value is -0.780. The van der Waals surface area contributed by atoms with Gasteiger partial charge in [-0.15, -0.1) is 0 Å². The van der Waals surface area contributed by atoms with E-state index < -0.39 is 0 Å². The van der Waals surface area contributed by atoms with Gasteiger partial charge in [0, 0.05) is 0 Å². The van der Waals surface area contributed by atoms with Crippen LogP contribution in [0.3, 0.4) is 0 Å². The zero-order valence-electron chi connectivity index (χ0n) is 12.6. The third-order valence-corrected chi connectivity index (χ3v) is 5.60. The molecule has 0 radical (unpaired) electrons. The summed E-state index contributed by atoms with van der Waals surface area (Å²) in [7, 11) is 0. The van der Waals surface area contributed by atoms with Gasteiger partial charge in [0.25, 0.3) is 0 Å². The van der Waals surface area contributed by atoms with Gasteiger partial charge in [-0.3, -0.25) is 0 Å². The third-order valence-electron chi connectivity index (χ3n) is 5.60. The summed E-state index contributed by atoms with van der Waals surface area (Å²) in [6, 6.07) is 7.43. The highest BCUT2D eigenvalue weighted by molar-refractivity contribution is 5.36. The number of aryl methyl sites for hydroxylation is 1. The Morgan fingerprint density at radius 1 is 1.00 bits per heavy atom. The molecule has 0 spiro atoms. The summed E-state index contributed by atoms with van der Waals surface area (Å²) in [5.41, 5.74) is 4.93. The van der Waals surface area contributed by atoms with Crippen LogP contribution in [0, 0.1) is 11.8 Å². The third kappa shape index (κ3) is 2.88. The lowest BCUT2D eigenvalue weighted by Crippen LogP contribution is -2.15. The molecule has 19 heavy (non-hydrogen) atoms. The van der Waals surface area contributed by atoms with Crippen LogP contribution in [-0.4, -0.2) is 0 Å². The summed E-state index contributed by atoms with van der Waals surface area (Å²) in [5, 5.41) is 0. The standard InChI is InChI=1S/C19H28/c1-3-15-5-8-16(9-6-15)18-11-10-17-12-14(2)4-7-19(17)13-18/h10-11,13-16H,3-9,12H2,1-2H3/t14?,15-,16-. The molecule has 1 unspecified atom stereocenters. The quantitative estimate of drug-likeness (QED) is 0.656. The van der Waals surface area contributed by atoms with Crippen molar-refractivity contribution >= 4 is 0 Å². The summed E-state index contributed by atoms with van der Waals surface area (Å²) in [4.78, 5) is 0. The summed E-state index contributed by atoms with van der Waals surface area (Å²) in [5.74, 6) is 2.75. The average Bonchev–Trinajstić information content (AvgIpc) is 2.47. The summed E-state index contributed by atoms with van der Waals surface area (Å²) < 4.78 is 0. The van der Waals surface area contributed by atoms with Crippen LogP contribution in [0.1, 0.15) is 75.0 Å². The monoisotopic (exact) mass is 256 g/mol. The number of hydrogen-bond donors (Lipinski definition) is 0. The largest absolute Gasteiger partial charge is 0.0651 e. The van der Waals surface area contributed by atoms with Crippen LogP contribution in [0.5, 0.6) is 0 Å². The predicted octanol–water partition coefficient (Wildman–Crippen LogP) is 5.50. The molecule has 2 aliphatic carbocycles. The maximum atomic E-state index is 2.55. The van der Waals surface area contributed by atoms with Gasteiger partial charge < -0.3 is 0 Å². The second-order valence-electron chi connectivity index (χ2n) is 7.00. The first-order valence-corrected chi connectivity index (χ1v) is 8.38. The first-order chi connectivity index (χ1) is 9.26. The van der Waals surface area contributed by atoms with Crippen molar-refractivity contribution in [1.29, 1.82) is 0 Å². The molecule has 0 amide bonds. The number of benzene rings is 1. The molecule has 0 aliphatic heterocycles. The van der Waals surface area contributed by atoms with Crippen molar-refractivity contribution in [2.24, 2.45) is 11.8 Å². The lowest BCUT2D eigenvalue weighted by molar-refractivity contribution is 0.318. The molecule has 0 nitrogen and oxygen atoms in total. The van der Waals surface area contributed by atoms with E-state index in [0.29, 0.717) is 0 Å². The van der Waals surface area contributed by atoms with Crippen LogP contribution in [0.25, 0.3) is 0 Å². The highest BCUT2D eigenvalue weighted by Crippen LogP contribution is 2.38. The Kier molecular flexibility index (Phi) is 3.96. The molecule has 0 bridgehead atoms. The Balaban J connectivity index is 1.72. The van der Waals surface area contributed by atoms with Gasteiger partial charge in [0.1, 0.15) is 0 Å². The van der Waals surface area contributed by atoms with Crippen molar-refractivity contribution in [3.05, 3.63) is 34.9 Å². The molecule has 0 N–H and O–H groups in total. The Morgan fingerprint density at radius 3 is 2.53 bits per heavy atom. The van der Waals surface area contributed by atoms with Crippen molar-refractivity contribution in [1.82, 2.24) is 0 Å². The first kappa shape index (κ1) is 13.2. The minimum atomic E-state index is 0.854. The normalized spacial score (nSPS) is 30.9. The van der Waals surface area contributed by atoms with Crippen molar-refractivity contribution in [2.75, 3.05) is 0 Å². The second-order valence-corrected chi connectivity index (χ2v) is 7.00. The summed E-state index contributed by atoms with van der Waals surface area (Å²) >= 11 is 0. The van der Waals surface area contributed by atoms with E-state index in [9.17, 15) is 0 Å². The van der Waals surface area contributed by atoms with Crippen LogP contribution < -0.4 is 0 Å². The first-order valence-electron chi connectivity index (χ1n) is 8.38. The van der Waals surface area contributed by atoms with Gasteiger partial charge in [-0.05, 0) is 79.4 Å². The fourth-order valence-electron chi connectivity index (χ4n) is 4.12. The molecule has 1 atom stereocenters. The molecule has 0 heterocycles. The topological polar surface area (TPSA) is 0 Å². The van der Waals surface area contributed by atoms with Gasteiger partial charge in [0.2, 0.25) is 0 Å². The average molecular weight is 256 g/mol. The van der Waals surface area contributed by atoms with Gasteiger partial charge in [-0.25, -0.2) is 0 Å². The summed E-state index contributed by atoms with van der Waals surface area (Å²) in [6.07, 6.45) is 11.1. The van der Waals surface area contributed by atoms with E-state index in [2.05, 4.69) is 32.0 Å². The van der Waals surface area contributed by atoms with Gasteiger partial charge in [-0.2, -0.15) is 0 Å². The molecule has 1 aromatic carbocycles. The van der Waals surface area contributed by atoms with Crippen LogP contribution in [0.4, 0.5) is 0 Å². The van der Waals surface area contributed by atoms with E-state index in [1.807, 2.05) is 0 Å². The van der Waals surface area contributed by atoms with Crippen molar-refractivity contribution < 1.29 is 0 Å². The fourth-order valence-corrected chi connectivity index (χ4v) is 4.12. The number of hydrogen-bond acceptors (Lipinski definition) is 0. The van der Waals surface area contributed by atoms with Gasteiger partial charge in [-0.1, -0.05) is 38.5 Å². The molecule has 1 saturated carbocycles. The molecule has 2 aliphatic rings. The van der Waals surface area contributed by atoms with Crippen LogP contribution in [0.15, 0.2) is 18.2 Å². The highest BCUT2D eigenvalue weighted by atomic mass is 14.3. The zero-order chi connectivity index (χ0) is 13.2. The van der Waals surface area contributed by atoms with Crippen molar-refractivity contribution in [3.8, 4) is 0 Å². The molecule has 0 saturated heterocycles. The van der Waals surface area contributed by atoms with Gasteiger partial charge >= 0.3 is 0 Å². The van der Waals surface area contributed by atoms with E-state index in [0.717, 1.165) is 17.8 Å². The van der Waals surface area contributed by atoms with E-state index >= 15 is 0 Å². The summed E-state index contributed by atoms with van der Waals surface area (Å²) in [6.45, 7) is 4.74. The Morgan fingerprint density at radius 2 is 1.79 bits per heavy atom. The molecular weight excluding hydrogens is 228 g/mol. The zero-order valence-corrected chi connectivity index (χ0v) is 12.6.